The number of hydrogen-bond donors (Lipinski definition) is 4. The van der Waals surface area contributed by atoms with Crippen molar-refractivity contribution in [2.75, 3.05) is 13.2 Å². The van der Waals surface area contributed by atoms with E-state index in [0.29, 0.717) is 12.8 Å². The molecule has 0 fully saturated rings. The zero-order chi connectivity index (χ0) is 18.7. The Balaban J connectivity index is 2.63. The third-order valence-corrected chi connectivity index (χ3v) is 3.83. The minimum absolute atomic E-state index is 0.00563. The first-order valence-electron chi connectivity index (χ1n) is 8.46. The molecule has 0 unspecified atom stereocenters. The highest BCUT2D eigenvalue weighted by Gasteiger charge is 2.23. The van der Waals surface area contributed by atoms with E-state index in [1.807, 2.05) is 30.3 Å². The van der Waals surface area contributed by atoms with Gasteiger partial charge in [-0.2, -0.15) is 0 Å². The maximum absolute atomic E-state index is 12.5. The zero-order valence-corrected chi connectivity index (χ0v) is 14.6. The minimum Gasteiger partial charge on any atom is -0.394 e. The van der Waals surface area contributed by atoms with Crippen molar-refractivity contribution in [2.45, 2.75) is 38.3 Å². The number of allylic oxidation sites excluding steroid dienone is 1. The number of nitrogens with one attached hydrogen (secondary N) is 2. The second kappa shape index (κ2) is 11.4. The molecule has 0 aliphatic heterocycles. The molecule has 1 aromatic rings. The molecule has 138 valence electrons. The van der Waals surface area contributed by atoms with Crippen LogP contribution >= 0.6 is 0 Å². The molecule has 0 saturated heterocycles. The maximum atomic E-state index is 12.5. The van der Waals surface area contributed by atoms with Crippen LogP contribution in [0.3, 0.4) is 0 Å². The van der Waals surface area contributed by atoms with Crippen molar-refractivity contribution < 1.29 is 19.8 Å². The van der Waals surface area contributed by atoms with Crippen LogP contribution in [-0.4, -0.2) is 47.3 Å². The third kappa shape index (κ3) is 7.96. The van der Waals surface area contributed by atoms with Crippen LogP contribution in [0.4, 0.5) is 0 Å². The van der Waals surface area contributed by atoms with Crippen LogP contribution in [0.2, 0.25) is 0 Å². The second-order valence-corrected chi connectivity index (χ2v) is 6.15. The Morgan fingerprint density at radius 1 is 1.16 bits per heavy atom. The van der Waals surface area contributed by atoms with Crippen LogP contribution in [-0.2, 0) is 16.0 Å². The van der Waals surface area contributed by atoms with Gasteiger partial charge >= 0.3 is 0 Å². The molecule has 1 aromatic carbocycles. The molecule has 0 spiro atoms. The Bertz CT molecular complexity index is 548. The summed E-state index contributed by atoms with van der Waals surface area (Å²) in [7, 11) is 0. The van der Waals surface area contributed by atoms with Crippen molar-refractivity contribution >= 4 is 11.8 Å². The topological polar surface area (TPSA) is 98.7 Å². The van der Waals surface area contributed by atoms with Crippen molar-refractivity contribution in [1.82, 2.24) is 10.6 Å². The minimum atomic E-state index is -0.562. The van der Waals surface area contributed by atoms with E-state index in [0.717, 1.165) is 5.56 Å². The monoisotopic (exact) mass is 348 g/mol. The van der Waals surface area contributed by atoms with Crippen LogP contribution in [0.1, 0.15) is 25.3 Å². The Labute approximate surface area is 148 Å². The van der Waals surface area contributed by atoms with Gasteiger partial charge in [0.15, 0.2) is 0 Å². The molecule has 4 N–H and O–H groups in total. The van der Waals surface area contributed by atoms with Gasteiger partial charge in [0.25, 0.3) is 0 Å². The summed E-state index contributed by atoms with van der Waals surface area (Å²) in [5.74, 6) is -1.15. The Hall–Kier alpha value is -2.18. The van der Waals surface area contributed by atoms with Crippen molar-refractivity contribution in [3.8, 4) is 0 Å². The molecule has 0 aromatic heterocycles. The largest absolute Gasteiger partial charge is 0.394 e. The fourth-order valence-corrected chi connectivity index (χ4v) is 2.47. The normalized spacial score (nSPS) is 14.2. The average molecular weight is 348 g/mol. The molecule has 0 radical (unpaired) electrons. The number of benzene rings is 1. The van der Waals surface area contributed by atoms with E-state index in [9.17, 15) is 14.7 Å². The van der Waals surface area contributed by atoms with E-state index < -0.39 is 12.0 Å². The highest BCUT2D eigenvalue weighted by Crippen LogP contribution is 2.11. The number of aliphatic hydroxyl groups excluding tert-OH is 2. The first kappa shape index (κ1) is 20.9. The lowest BCUT2D eigenvalue weighted by Crippen LogP contribution is -2.44. The lowest BCUT2D eigenvalue weighted by molar-refractivity contribution is -0.131. The van der Waals surface area contributed by atoms with Crippen molar-refractivity contribution in [3.63, 3.8) is 0 Å². The van der Waals surface area contributed by atoms with Gasteiger partial charge in [-0.15, -0.1) is 6.58 Å². The molecule has 0 aliphatic rings. The SMILES string of the molecule is C=CC[C@H](CC(=O)N[C@@H](C)CO)C(=O)N[C@H](CO)Cc1ccccc1. The third-order valence-electron chi connectivity index (χ3n) is 3.83. The van der Waals surface area contributed by atoms with Gasteiger partial charge < -0.3 is 20.8 Å². The quantitative estimate of drug-likeness (QED) is 0.444. The summed E-state index contributed by atoms with van der Waals surface area (Å²) in [5.41, 5.74) is 1.01. The molecule has 6 heteroatoms. The van der Waals surface area contributed by atoms with Gasteiger partial charge in [-0.1, -0.05) is 36.4 Å². The number of carbonyl (C=O) groups excluding carboxylic acids is 2. The number of carbonyl (C=O) groups is 2. The first-order chi connectivity index (χ1) is 12.0. The van der Waals surface area contributed by atoms with Crippen LogP contribution in [0.5, 0.6) is 0 Å². The van der Waals surface area contributed by atoms with Gasteiger partial charge in [-0.25, -0.2) is 0 Å². The maximum Gasteiger partial charge on any atom is 0.224 e. The Morgan fingerprint density at radius 3 is 2.40 bits per heavy atom. The van der Waals surface area contributed by atoms with E-state index in [1.165, 1.54) is 0 Å². The summed E-state index contributed by atoms with van der Waals surface area (Å²) in [5, 5.41) is 24.0. The van der Waals surface area contributed by atoms with Crippen LogP contribution in [0, 0.1) is 5.92 Å². The number of aliphatic hydroxyl groups is 2. The van der Waals surface area contributed by atoms with Gasteiger partial charge in [0, 0.05) is 12.5 Å². The smallest absolute Gasteiger partial charge is 0.224 e. The lowest BCUT2D eigenvalue weighted by Gasteiger charge is -2.21. The van der Waals surface area contributed by atoms with E-state index >= 15 is 0 Å². The molecule has 2 amide bonds. The first-order valence-corrected chi connectivity index (χ1v) is 8.46. The van der Waals surface area contributed by atoms with E-state index in [4.69, 9.17) is 5.11 Å². The summed E-state index contributed by atoms with van der Waals surface area (Å²) < 4.78 is 0. The van der Waals surface area contributed by atoms with Gasteiger partial charge in [0.1, 0.15) is 0 Å². The predicted molar refractivity (Wildman–Crippen MR) is 96.8 cm³/mol. The fourth-order valence-electron chi connectivity index (χ4n) is 2.47. The van der Waals surface area contributed by atoms with Crippen LogP contribution < -0.4 is 10.6 Å². The van der Waals surface area contributed by atoms with Crippen LogP contribution in [0.25, 0.3) is 0 Å². The summed E-state index contributed by atoms with van der Waals surface area (Å²) >= 11 is 0. The van der Waals surface area contributed by atoms with E-state index in [2.05, 4.69) is 17.2 Å². The Kier molecular flexibility index (Phi) is 9.50. The molecule has 25 heavy (non-hydrogen) atoms. The van der Waals surface area contributed by atoms with E-state index in [-0.39, 0.29) is 37.5 Å². The summed E-state index contributed by atoms with van der Waals surface area (Å²) in [4.78, 5) is 24.4. The zero-order valence-electron chi connectivity index (χ0n) is 14.6. The van der Waals surface area contributed by atoms with Gasteiger partial charge in [-0.05, 0) is 25.3 Å². The molecule has 0 heterocycles. The Morgan fingerprint density at radius 2 is 1.84 bits per heavy atom. The molecular formula is C19H28N2O4. The summed E-state index contributed by atoms with van der Waals surface area (Å²) in [6.07, 6.45) is 2.47. The van der Waals surface area contributed by atoms with Crippen molar-refractivity contribution in [3.05, 3.63) is 48.6 Å². The molecule has 0 saturated carbocycles. The second-order valence-electron chi connectivity index (χ2n) is 6.15. The molecule has 0 aliphatic carbocycles. The summed E-state index contributed by atoms with van der Waals surface area (Å²) in [6.45, 7) is 4.97. The molecule has 1 rings (SSSR count). The number of amides is 2. The highest BCUT2D eigenvalue weighted by molar-refractivity contribution is 5.86. The van der Waals surface area contributed by atoms with E-state index in [1.54, 1.807) is 13.0 Å². The molecular weight excluding hydrogens is 320 g/mol. The van der Waals surface area contributed by atoms with Gasteiger partial charge in [0.05, 0.1) is 25.2 Å². The average Bonchev–Trinajstić information content (AvgIpc) is 2.61. The summed E-state index contributed by atoms with van der Waals surface area (Å²) in [6, 6.07) is 8.80. The van der Waals surface area contributed by atoms with Crippen LogP contribution in [0.15, 0.2) is 43.0 Å². The highest BCUT2D eigenvalue weighted by atomic mass is 16.3. The fraction of sp³-hybridized carbons (Fsp3) is 0.474. The van der Waals surface area contributed by atoms with Gasteiger partial charge in [-0.3, -0.25) is 9.59 Å². The molecule has 0 bridgehead atoms. The van der Waals surface area contributed by atoms with Crippen molar-refractivity contribution in [2.24, 2.45) is 5.92 Å². The molecule has 6 nitrogen and oxygen atoms in total. The predicted octanol–water partition coefficient (Wildman–Crippen LogP) is 0.786. The standard InChI is InChI=1S/C19H28N2O4/c1-3-7-16(11-18(24)20-14(2)12-22)19(25)21-17(13-23)10-15-8-5-4-6-9-15/h3-6,8-9,14,16-17,22-23H,1,7,10-13H2,2H3,(H,20,24)(H,21,25)/t14-,16+,17-/m0/s1. The van der Waals surface area contributed by atoms with Crippen molar-refractivity contribution in [1.29, 1.82) is 0 Å². The number of rotatable bonds is 11. The lowest BCUT2D eigenvalue weighted by atomic mass is 9.98. The van der Waals surface area contributed by atoms with Gasteiger partial charge in [0.2, 0.25) is 11.8 Å². The molecule has 3 atom stereocenters. The number of hydrogen-bond acceptors (Lipinski definition) is 4.